The fourth-order valence-corrected chi connectivity index (χ4v) is 1.51. The Bertz CT molecular complexity index is 718. The number of halogens is 2. The molecule has 0 aliphatic carbocycles. The van der Waals surface area contributed by atoms with Gasteiger partial charge in [0.1, 0.15) is 15.8 Å². The van der Waals surface area contributed by atoms with Gasteiger partial charge in [-0.2, -0.15) is 5.26 Å². The minimum absolute atomic E-state index is 0.362. The molecule has 0 fully saturated rings. The van der Waals surface area contributed by atoms with Crippen molar-refractivity contribution in [1.29, 1.82) is 5.26 Å². The molecule has 7 nitrogen and oxygen atoms in total. The summed E-state index contributed by atoms with van der Waals surface area (Å²) < 4.78 is 0.781. The topological polar surface area (TPSA) is 101 Å². The SMILES string of the molecule is CC.CC.CC.Cc1cnc(Br)cn1.Cc1cnc(C#N)cn1.Cc1cnc(Cl)cn1. The maximum Gasteiger partial charge on any atom is 0.158 e. The second-order valence-corrected chi connectivity index (χ2v) is 5.82. The molecule has 31 heavy (non-hydrogen) atoms. The van der Waals surface area contributed by atoms with Crippen LogP contribution in [-0.4, -0.2) is 29.9 Å². The van der Waals surface area contributed by atoms with E-state index in [1.165, 1.54) is 12.4 Å². The molecule has 0 radical (unpaired) electrons. The standard InChI is InChI=1S/C6H5N3.C5H5BrN2.C5H5ClN2.3C2H6/c1-5-3-9-6(2-7)4-8-5;2*1-4-2-8-5(6)3-7-4;3*1-2/h3-4H,1H3;2*2-3H,1H3;3*1-2H3. The van der Waals surface area contributed by atoms with E-state index in [1.54, 1.807) is 24.8 Å². The highest BCUT2D eigenvalue weighted by molar-refractivity contribution is 9.10. The molecular weight excluding hydrogens is 478 g/mol. The van der Waals surface area contributed by atoms with Crippen molar-refractivity contribution in [2.75, 3.05) is 0 Å². The summed E-state index contributed by atoms with van der Waals surface area (Å²) in [7, 11) is 0. The summed E-state index contributed by atoms with van der Waals surface area (Å²) in [5.74, 6) is 0. The van der Waals surface area contributed by atoms with Crippen LogP contribution in [0.3, 0.4) is 0 Å². The first kappa shape index (κ1) is 33.1. The zero-order chi connectivity index (χ0) is 24.7. The van der Waals surface area contributed by atoms with E-state index in [9.17, 15) is 0 Å². The number of nitrogens with zero attached hydrogens (tertiary/aromatic N) is 7. The average Bonchev–Trinajstić information content (AvgIpc) is 2.83. The Hall–Kier alpha value is -2.50. The molecular formula is C22H33BrClN7. The van der Waals surface area contributed by atoms with Crippen LogP contribution in [0.15, 0.2) is 41.8 Å². The number of hydrogen-bond donors (Lipinski definition) is 0. The first-order chi connectivity index (χ1) is 14.9. The largest absolute Gasteiger partial charge is 0.257 e. The van der Waals surface area contributed by atoms with Crippen molar-refractivity contribution in [2.24, 2.45) is 0 Å². The summed E-state index contributed by atoms with van der Waals surface area (Å²) in [4.78, 5) is 23.2. The Morgan fingerprint density at radius 1 is 0.645 bits per heavy atom. The van der Waals surface area contributed by atoms with E-state index in [2.05, 4.69) is 45.8 Å². The van der Waals surface area contributed by atoms with Gasteiger partial charge in [-0.1, -0.05) is 53.1 Å². The molecule has 0 N–H and O–H groups in total. The molecule has 0 saturated carbocycles. The van der Waals surface area contributed by atoms with E-state index in [-0.39, 0.29) is 0 Å². The Morgan fingerprint density at radius 2 is 1.06 bits per heavy atom. The zero-order valence-corrected chi connectivity index (χ0v) is 22.2. The van der Waals surface area contributed by atoms with Gasteiger partial charge in [0.05, 0.1) is 35.7 Å². The molecule has 0 atom stereocenters. The lowest BCUT2D eigenvalue weighted by atomic mass is 10.4. The maximum absolute atomic E-state index is 8.28. The van der Waals surface area contributed by atoms with Crippen molar-refractivity contribution in [2.45, 2.75) is 62.3 Å². The number of nitriles is 1. The van der Waals surface area contributed by atoms with Gasteiger partial charge in [0.2, 0.25) is 0 Å². The molecule has 0 spiro atoms. The number of aromatic nitrogens is 6. The molecule has 3 heterocycles. The van der Waals surface area contributed by atoms with Gasteiger partial charge in [-0.3, -0.25) is 15.0 Å². The molecule has 0 bridgehead atoms. The smallest absolute Gasteiger partial charge is 0.158 e. The lowest BCUT2D eigenvalue weighted by molar-refractivity contribution is 1.09. The Labute approximate surface area is 200 Å². The molecule has 170 valence electrons. The maximum atomic E-state index is 8.28. The van der Waals surface area contributed by atoms with Crippen molar-refractivity contribution >= 4 is 27.5 Å². The summed E-state index contributed by atoms with van der Waals surface area (Å²) in [5, 5.41) is 8.72. The zero-order valence-electron chi connectivity index (χ0n) is 19.9. The molecule has 0 aliphatic rings. The summed E-state index contributed by atoms with van der Waals surface area (Å²) in [5.41, 5.74) is 3.01. The first-order valence-electron chi connectivity index (χ1n) is 9.97. The third-order valence-electron chi connectivity index (χ3n) is 2.39. The van der Waals surface area contributed by atoms with Crippen molar-refractivity contribution < 1.29 is 0 Å². The second-order valence-electron chi connectivity index (χ2n) is 4.62. The quantitative estimate of drug-likeness (QED) is 0.330. The molecule has 0 saturated heterocycles. The number of hydrogen-bond acceptors (Lipinski definition) is 7. The van der Waals surface area contributed by atoms with Gasteiger partial charge in [0.15, 0.2) is 5.69 Å². The van der Waals surface area contributed by atoms with Gasteiger partial charge in [-0.25, -0.2) is 15.0 Å². The lowest BCUT2D eigenvalue weighted by Gasteiger charge is -1.87. The number of rotatable bonds is 0. The Kier molecular flexibility index (Phi) is 25.4. The number of aryl methyl sites for hydroxylation is 3. The van der Waals surface area contributed by atoms with Crippen LogP contribution in [-0.2, 0) is 0 Å². The van der Waals surface area contributed by atoms with Gasteiger partial charge in [-0.05, 0) is 36.7 Å². The van der Waals surface area contributed by atoms with Crippen LogP contribution >= 0.6 is 27.5 Å². The van der Waals surface area contributed by atoms with Crippen LogP contribution in [0, 0.1) is 32.1 Å². The van der Waals surface area contributed by atoms with Crippen LogP contribution in [0.25, 0.3) is 0 Å². The van der Waals surface area contributed by atoms with Crippen molar-refractivity contribution in [3.63, 3.8) is 0 Å². The minimum atomic E-state index is 0.362. The van der Waals surface area contributed by atoms with Crippen molar-refractivity contribution in [3.05, 3.63) is 69.7 Å². The predicted octanol–water partition coefficient (Wildman–Crippen LogP) is 6.72. The highest BCUT2D eigenvalue weighted by atomic mass is 79.9. The van der Waals surface area contributed by atoms with Crippen LogP contribution in [0.4, 0.5) is 0 Å². The Balaban J connectivity index is -0.000000338. The summed E-state index contributed by atoms with van der Waals surface area (Å²) in [6, 6.07) is 1.88. The van der Waals surface area contributed by atoms with Crippen LogP contribution in [0.1, 0.15) is 64.3 Å². The summed E-state index contributed by atoms with van der Waals surface area (Å²) in [6.45, 7) is 17.6. The fraction of sp³-hybridized carbons (Fsp3) is 0.409. The lowest BCUT2D eigenvalue weighted by Crippen LogP contribution is -1.85. The van der Waals surface area contributed by atoms with E-state index < -0.39 is 0 Å². The third kappa shape index (κ3) is 20.5. The minimum Gasteiger partial charge on any atom is -0.257 e. The monoisotopic (exact) mass is 509 g/mol. The summed E-state index contributed by atoms with van der Waals surface area (Å²) in [6.07, 6.45) is 9.56. The Morgan fingerprint density at radius 3 is 1.32 bits per heavy atom. The van der Waals surface area contributed by atoms with Crippen LogP contribution in [0.5, 0.6) is 0 Å². The average molecular weight is 511 g/mol. The van der Waals surface area contributed by atoms with Gasteiger partial charge in [0, 0.05) is 18.6 Å². The highest BCUT2D eigenvalue weighted by Crippen LogP contribution is 2.00. The highest BCUT2D eigenvalue weighted by Gasteiger charge is 1.88. The van der Waals surface area contributed by atoms with Gasteiger partial charge in [0.25, 0.3) is 0 Å². The van der Waals surface area contributed by atoms with E-state index in [4.69, 9.17) is 16.9 Å². The van der Waals surface area contributed by atoms with Gasteiger partial charge < -0.3 is 0 Å². The van der Waals surface area contributed by atoms with E-state index in [0.717, 1.165) is 21.7 Å². The van der Waals surface area contributed by atoms with E-state index >= 15 is 0 Å². The van der Waals surface area contributed by atoms with Crippen LogP contribution < -0.4 is 0 Å². The molecule has 3 rings (SSSR count). The first-order valence-corrected chi connectivity index (χ1v) is 11.1. The molecule has 0 amide bonds. The van der Waals surface area contributed by atoms with Crippen molar-refractivity contribution in [3.8, 4) is 6.07 Å². The fourth-order valence-electron chi connectivity index (χ4n) is 1.20. The van der Waals surface area contributed by atoms with Gasteiger partial charge in [-0.15, -0.1) is 0 Å². The van der Waals surface area contributed by atoms with Crippen LogP contribution in [0.2, 0.25) is 5.15 Å². The third-order valence-corrected chi connectivity index (χ3v) is 3.00. The summed E-state index contributed by atoms with van der Waals surface area (Å²) >= 11 is 8.61. The predicted molar refractivity (Wildman–Crippen MR) is 132 cm³/mol. The molecule has 3 aromatic heterocycles. The molecule has 0 unspecified atom stereocenters. The van der Waals surface area contributed by atoms with Gasteiger partial charge >= 0.3 is 0 Å². The normalized spacial score (nSPS) is 7.81. The van der Waals surface area contributed by atoms with E-state index in [1.807, 2.05) is 68.4 Å². The van der Waals surface area contributed by atoms with Crippen molar-refractivity contribution in [1.82, 2.24) is 29.9 Å². The molecule has 3 aromatic rings. The molecule has 0 aromatic carbocycles. The van der Waals surface area contributed by atoms with E-state index in [0.29, 0.717) is 10.8 Å². The molecule has 9 heteroatoms. The second kappa shape index (κ2) is 23.8. The molecule has 0 aliphatic heterocycles.